The first-order valence-electron chi connectivity index (χ1n) is 19.4. The summed E-state index contributed by atoms with van der Waals surface area (Å²) in [6.45, 7) is 5.28. The van der Waals surface area contributed by atoms with Gasteiger partial charge in [-0.1, -0.05) is 66.2 Å². The van der Waals surface area contributed by atoms with E-state index < -0.39 is 59.2 Å². The highest BCUT2D eigenvalue weighted by Gasteiger charge is 2.53. The van der Waals surface area contributed by atoms with Gasteiger partial charge in [-0.2, -0.15) is 8.78 Å². The predicted molar refractivity (Wildman–Crippen MR) is 211 cm³/mol. The van der Waals surface area contributed by atoms with E-state index in [1.165, 1.54) is 29.2 Å². The number of alkyl halides is 2. The number of amides is 3. The van der Waals surface area contributed by atoms with Gasteiger partial charge in [0.05, 0.1) is 6.10 Å². The van der Waals surface area contributed by atoms with Crippen molar-refractivity contribution in [3.63, 3.8) is 0 Å². The van der Waals surface area contributed by atoms with Crippen molar-refractivity contribution in [1.82, 2.24) is 15.5 Å². The second kappa shape index (κ2) is 16.0. The molecular weight excluding hydrogens is 740 g/mol. The number of aliphatic hydroxyl groups excluding tert-OH is 1. The van der Waals surface area contributed by atoms with E-state index in [0.717, 1.165) is 47.8 Å². The Morgan fingerprint density at radius 2 is 1.41 bits per heavy atom. The van der Waals surface area contributed by atoms with E-state index in [2.05, 4.69) is 10.6 Å². The van der Waals surface area contributed by atoms with Crippen LogP contribution < -0.4 is 15.4 Å². The van der Waals surface area contributed by atoms with Crippen LogP contribution in [0.2, 0.25) is 5.02 Å². The molecule has 296 valence electrons. The average molecular weight is 788 g/mol. The van der Waals surface area contributed by atoms with E-state index in [-0.39, 0.29) is 17.7 Å². The van der Waals surface area contributed by atoms with Gasteiger partial charge in [0.2, 0.25) is 0 Å². The highest BCUT2D eigenvalue weighted by atomic mass is 35.5. The van der Waals surface area contributed by atoms with Crippen molar-refractivity contribution >= 4 is 40.3 Å². The number of nitrogens with zero attached hydrogens (tertiary/aromatic N) is 1. The lowest BCUT2D eigenvalue weighted by atomic mass is 9.93. The molecule has 1 saturated carbocycles. The van der Waals surface area contributed by atoms with Gasteiger partial charge in [0.15, 0.2) is 12.1 Å². The molecule has 4 atom stereocenters. The van der Waals surface area contributed by atoms with Crippen LogP contribution in [0.4, 0.5) is 13.6 Å². The largest absolute Gasteiger partial charge is 0.490 e. The second-order valence-corrected chi connectivity index (χ2v) is 16.7. The van der Waals surface area contributed by atoms with Crippen molar-refractivity contribution in [2.75, 3.05) is 0 Å². The molecule has 0 radical (unpaired) electrons. The van der Waals surface area contributed by atoms with E-state index in [1.807, 2.05) is 18.2 Å². The Labute approximate surface area is 330 Å². The van der Waals surface area contributed by atoms with Gasteiger partial charge in [-0.3, -0.25) is 9.59 Å². The number of carbonyl (C=O) groups is 3. The first-order chi connectivity index (χ1) is 26.6. The molecule has 2 bridgehead atoms. The van der Waals surface area contributed by atoms with Crippen molar-refractivity contribution in [1.29, 1.82) is 0 Å². The minimum Gasteiger partial charge on any atom is -0.490 e. The molecule has 56 heavy (non-hydrogen) atoms. The van der Waals surface area contributed by atoms with Crippen LogP contribution in [-0.2, 0) is 20.2 Å². The monoisotopic (exact) mass is 787 g/mol. The highest BCUT2D eigenvalue weighted by Crippen LogP contribution is 2.41. The number of fused-ring (bicyclic) bond motifs is 3. The molecule has 1 aliphatic carbocycles. The summed E-state index contributed by atoms with van der Waals surface area (Å²) < 4.78 is 45.3. The fourth-order valence-corrected chi connectivity index (χ4v) is 8.46. The Balaban J connectivity index is 1.13. The molecule has 12 heteroatoms. The number of hydrogen-bond donors (Lipinski definition) is 3. The smallest absolute Gasteiger partial charge is 0.407 e. The number of nitrogens with one attached hydrogen (secondary N) is 2. The first-order valence-corrected chi connectivity index (χ1v) is 19.8. The molecule has 2 unspecified atom stereocenters. The third-order valence-corrected chi connectivity index (χ3v) is 11.3. The number of alkyl carbamates (subject to hydrolysis) is 1. The SMILES string of the molecule is CC(C)(C)OC(=O)NC1CC2CCC(C1)N2C(=O)[C@@H](NC(=O)[C@@H](O)c1ccc2cc(OC3CCCC3)ccc2c1)C(F)(F)c1ccc(-c2ccc(Cl)cc2)cc1. The minimum atomic E-state index is -3.88. The molecule has 3 aliphatic rings. The molecule has 2 heterocycles. The van der Waals surface area contributed by atoms with Crippen LogP contribution in [0.25, 0.3) is 21.9 Å². The van der Waals surface area contributed by atoms with Gasteiger partial charge in [0.1, 0.15) is 11.4 Å². The number of aliphatic hydroxyl groups is 1. The summed E-state index contributed by atoms with van der Waals surface area (Å²) in [5.41, 5.74) is 0.443. The maximum Gasteiger partial charge on any atom is 0.407 e. The van der Waals surface area contributed by atoms with Crippen LogP contribution in [-0.4, -0.2) is 63.8 Å². The Kier molecular flexibility index (Phi) is 11.3. The summed E-state index contributed by atoms with van der Waals surface area (Å²) >= 11 is 6.03. The summed E-state index contributed by atoms with van der Waals surface area (Å²) in [5.74, 6) is -5.22. The number of hydrogen-bond acceptors (Lipinski definition) is 6. The fourth-order valence-electron chi connectivity index (χ4n) is 8.34. The maximum absolute atomic E-state index is 16.9. The third-order valence-electron chi connectivity index (χ3n) is 11.1. The normalized spacial score (nSPS) is 21.1. The zero-order valence-corrected chi connectivity index (χ0v) is 32.5. The van der Waals surface area contributed by atoms with Crippen LogP contribution in [0, 0.1) is 0 Å². The predicted octanol–water partition coefficient (Wildman–Crippen LogP) is 8.84. The van der Waals surface area contributed by atoms with Gasteiger partial charge in [-0.25, -0.2) is 4.79 Å². The van der Waals surface area contributed by atoms with Crippen molar-refractivity contribution in [2.45, 2.75) is 120 Å². The number of benzene rings is 4. The first kappa shape index (κ1) is 39.5. The van der Waals surface area contributed by atoms with Crippen molar-refractivity contribution in [3.05, 3.63) is 101 Å². The average Bonchev–Trinajstić information content (AvgIpc) is 3.77. The summed E-state index contributed by atoms with van der Waals surface area (Å²) in [5, 5.41) is 18.6. The summed E-state index contributed by atoms with van der Waals surface area (Å²) in [6, 6.07) is 19.5. The van der Waals surface area contributed by atoms with Gasteiger partial charge < -0.3 is 30.1 Å². The highest BCUT2D eigenvalue weighted by molar-refractivity contribution is 6.30. The van der Waals surface area contributed by atoms with Gasteiger partial charge >= 0.3 is 12.0 Å². The van der Waals surface area contributed by atoms with Crippen LogP contribution >= 0.6 is 11.6 Å². The lowest BCUT2D eigenvalue weighted by molar-refractivity contribution is -0.155. The Hall–Kier alpha value is -4.74. The molecule has 3 fully saturated rings. The molecule has 0 spiro atoms. The van der Waals surface area contributed by atoms with Crippen molar-refractivity contribution in [3.8, 4) is 16.9 Å². The second-order valence-electron chi connectivity index (χ2n) is 16.3. The third kappa shape index (κ3) is 8.79. The molecule has 0 aromatic heterocycles. The zero-order valence-electron chi connectivity index (χ0n) is 31.8. The lowest BCUT2D eigenvalue weighted by Crippen LogP contribution is -2.61. The Bertz CT molecular complexity index is 2050. The van der Waals surface area contributed by atoms with Crippen LogP contribution in [0.1, 0.15) is 89.4 Å². The number of halogens is 3. The van der Waals surface area contributed by atoms with Gasteiger partial charge in [0.25, 0.3) is 11.8 Å². The van der Waals surface area contributed by atoms with E-state index in [9.17, 15) is 19.5 Å². The van der Waals surface area contributed by atoms with Crippen LogP contribution in [0.5, 0.6) is 5.75 Å². The molecule has 4 aromatic carbocycles. The molecule has 7 rings (SSSR count). The van der Waals surface area contributed by atoms with Gasteiger partial charge in [-0.15, -0.1) is 0 Å². The van der Waals surface area contributed by atoms with Crippen LogP contribution in [0.15, 0.2) is 84.9 Å². The molecule has 2 aliphatic heterocycles. The fraction of sp³-hybridized carbons (Fsp3) is 0.432. The molecule has 3 amide bonds. The molecule has 4 aromatic rings. The topological polar surface area (TPSA) is 117 Å². The molecule has 3 N–H and O–H groups in total. The number of carbonyl (C=O) groups excluding carboxylic acids is 3. The van der Waals surface area contributed by atoms with Crippen molar-refractivity contribution < 1.29 is 37.7 Å². The summed E-state index contributed by atoms with van der Waals surface area (Å²) in [4.78, 5) is 42.2. The van der Waals surface area contributed by atoms with E-state index in [0.29, 0.717) is 36.3 Å². The Morgan fingerprint density at radius 3 is 2.04 bits per heavy atom. The minimum absolute atomic E-state index is 0.183. The van der Waals surface area contributed by atoms with Crippen molar-refractivity contribution in [2.24, 2.45) is 0 Å². The van der Waals surface area contributed by atoms with E-state index in [4.69, 9.17) is 21.1 Å². The number of rotatable bonds is 10. The number of piperidine rings is 1. The lowest BCUT2D eigenvalue weighted by Gasteiger charge is -2.42. The maximum atomic E-state index is 16.9. The van der Waals surface area contributed by atoms with E-state index >= 15 is 8.78 Å². The van der Waals surface area contributed by atoms with Gasteiger partial charge in [-0.05, 0) is 130 Å². The van der Waals surface area contributed by atoms with Gasteiger partial charge in [0, 0.05) is 28.7 Å². The molecule has 2 saturated heterocycles. The van der Waals surface area contributed by atoms with Crippen LogP contribution in [0.3, 0.4) is 0 Å². The summed E-state index contributed by atoms with van der Waals surface area (Å²) in [7, 11) is 0. The van der Waals surface area contributed by atoms with E-state index in [1.54, 1.807) is 63.2 Å². The standard InChI is InChI=1S/C44H48ClF2N3O6/c1-43(2,3)56-42(54)48-33-24-34-19-20-35(25-33)50(34)41(53)39(44(46,47)31-15-10-26(11-16-31)27-12-17-32(45)18-13-27)49-40(52)38(51)30-9-8-29-23-37(21-14-28(29)22-30)55-36-6-4-5-7-36/h8-18,21-23,33-36,38-39,51H,4-7,19-20,24-25H2,1-3H3,(H,48,54)(H,49,52)/t33?,34?,35?,38-,39+/m0/s1. The molecule has 9 nitrogen and oxygen atoms in total. The zero-order chi connectivity index (χ0) is 39.8. The number of ether oxygens (including phenoxy) is 2. The molecular formula is C44H48ClF2N3O6. The Morgan fingerprint density at radius 1 is 0.821 bits per heavy atom. The quantitative estimate of drug-likeness (QED) is 0.148. The summed E-state index contributed by atoms with van der Waals surface area (Å²) in [6.07, 6.45) is 3.87.